The fourth-order valence-electron chi connectivity index (χ4n) is 1.55. The number of nitrogens with two attached hydrogens (primary N) is 1. The van der Waals surface area contributed by atoms with Gasteiger partial charge in [-0.1, -0.05) is 31.6 Å². The first kappa shape index (κ1) is 15.0. The fourth-order valence-corrected chi connectivity index (χ4v) is 2.24. The summed E-state index contributed by atoms with van der Waals surface area (Å²) in [4.78, 5) is 11.9. The maximum absolute atomic E-state index is 11.9. The molecule has 0 aliphatic carbocycles. The number of nitrogens with zero attached hydrogens (tertiary/aromatic N) is 2. The van der Waals surface area contributed by atoms with Crippen molar-refractivity contribution in [3.8, 4) is 0 Å². The summed E-state index contributed by atoms with van der Waals surface area (Å²) in [6.07, 6.45) is 3.63. The molecule has 0 radical (unpaired) electrons. The van der Waals surface area contributed by atoms with Crippen LogP contribution in [0.4, 0.5) is 5.13 Å². The van der Waals surface area contributed by atoms with E-state index in [0.717, 1.165) is 30.7 Å². The van der Waals surface area contributed by atoms with Crippen molar-refractivity contribution < 1.29 is 4.79 Å². The second kappa shape index (κ2) is 7.43. The molecule has 0 aromatic carbocycles. The molecular formula is C12H22N4OS. The highest BCUT2D eigenvalue weighted by Gasteiger charge is 2.14. The van der Waals surface area contributed by atoms with Crippen LogP contribution in [0, 0.1) is 5.92 Å². The third-order valence-corrected chi connectivity index (χ3v) is 3.73. The Labute approximate surface area is 112 Å². The lowest BCUT2D eigenvalue weighted by atomic mass is 10.0. The molecule has 1 amide bonds. The molecule has 0 saturated heterocycles. The van der Waals surface area contributed by atoms with E-state index >= 15 is 0 Å². The third kappa shape index (κ3) is 5.10. The van der Waals surface area contributed by atoms with Gasteiger partial charge in [0.05, 0.1) is 0 Å². The zero-order chi connectivity index (χ0) is 13.5. The number of anilines is 1. The summed E-state index contributed by atoms with van der Waals surface area (Å²) in [5.74, 6) is -0.00351. The predicted molar refractivity (Wildman–Crippen MR) is 74.6 cm³/mol. The highest BCUT2D eigenvalue weighted by Crippen LogP contribution is 2.17. The van der Waals surface area contributed by atoms with E-state index in [1.807, 2.05) is 20.8 Å². The number of carbonyl (C=O) groups excluding carboxylic acids is 1. The van der Waals surface area contributed by atoms with Crippen LogP contribution in [0.25, 0.3) is 0 Å². The van der Waals surface area contributed by atoms with E-state index in [1.165, 1.54) is 11.3 Å². The predicted octanol–water partition coefficient (Wildman–Crippen LogP) is 2.19. The van der Waals surface area contributed by atoms with Gasteiger partial charge in [-0.25, -0.2) is 0 Å². The van der Waals surface area contributed by atoms with Gasteiger partial charge in [0.1, 0.15) is 5.01 Å². The number of hydrogen-bond donors (Lipinski definition) is 2. The molecule has 0 bridgehead atoms. The van der Waals surface area contributed by atoms with Gasteiger partial charge in [-0.05, 0) is 26.2 Å². The highest BCUT2D eigenvalue weighted by atomic mass is 32.1. The Balaban J connectivity index is 2.35. The lowest BCUT2D eigenvalue weighted by molar-refractivity contribution is -0.119. The Kier molecular flexibility index (Phi) is 6.21. The van der Waals surface area contributed by atoms with Crippen LogP contribution in [-0.4, -0.2) is 22.1 Å². The standard InChI is InChI=1S/C12H22N4OS/c1-4-10-15-16-12(18-10)14-11(17)8(2)6-5-7-9(3)13/h8-9H,4-7,13H2,1-3H3,(H,14,16,17). The summed E-state index contributed by atoms with van der Waals surface area (Å²) in [6.45, 7) is 5.93. The van der Waals surface area contributed by atoms with Crippen molar-refractivity contribution in [3.05, 3.63) is 5.01 Å². The molecular weight excluding hydrogens is 248 g/mol. The Bertz CT molecular complexity index is 378. The van der Waals surface area contributed by atoms with Crippen LogP contribution >= 0.6 is 11.3 Å². The summed E-state index contributed by atoms with van der Waals surface area (Å²) in [5.41, 5.74) is 5.68. The molecule has 0 fully saturated rings. The number of carbonyl (C=O) groups is 1. The van der Waals surface area contributed by atoms with Crippen molar-refractivity contribution in [2.75, 3.05) is 5.32 Å². The quantitative estimate of drug-likeness (QED) is 0.796. The Morgan fingerprint density at radius 2 is 2.11 bits per heavy atom. The van der Waals surface area contributed by atoms with Crippen LogP contribution in [0.15, 0.2) is 0 Å². The molecule has 1 rings (SSSR count). The second-order valence-electron chi connectivity index (χ2n) is 4.65. The van der Waals surface area contributed by atoms with Crippen LogP contribution in [0.2, 0.25) is 0 Å². The summed E-state index contributed by atoms with van der Waals surface area (Å²) < 4.78 is 0. The van der Waals surface area contributed by atoms with Gasteiger partial charge in [0.2, 0.25) is 11.0 Å². The zero-order valence-corrected chi connectivity index (χ0v) is 12.1. The lowest BCUT2D eigenvalue weighted by Crippen LogP contribution is -2.21. The van der Waals surface area contributed by atoms with Crippen molar-refractivity contribution in [3.63, 3.8) is 0 Å². The number of aryl methyl sites for hydroxylation is 1. The first-order valence-corrected chi connectivity index (χ1v) is 7.23. The van der Waals surface area contributed by atoms with Crippen molar-refractivity contribution in [2.24, 2.45) is 11.7 Å². The molecule has 5 nitrogen and oxygen atoms in total. The van der Waals surface area contributed by atoms with Gasteiger partial charge < -0.3 is 11.1 Å². The van der Waals surface area contributed by atoms with Crippen LogP contribution < -0.4 is 11.1 Å². The van der Waals surface area contributed by atoms with Gasteiger partial charge in [-0.3, -0.25) is 4.79 Å². The van der Waals surface area contributed by atoms with Gasteiger partial charge in [0.15, 0.2) is 0 Å². The molecule has 3 N–H and O–H groups in total. The average molecular weight is 270 g/mol. The van der Waals surface area contributed by atoms with E-state index in [9.17, 15) is 4.79 Å². The minimum Gasteiger partial charge on any atom is -0.328 e. The first-order chi connectivity index (χ1) is 8.52. The Hall–Kier alpha value is -1.01. The average Bonchev–Trinajstić information content (AvgIpc) is 2.76. The van der Waals surface area contributed by atoms with Gasteiger partial charge in [-0.2, -0.15) is 0 Å². The molecule has 6 heteroatoms. The lowest BCUT2D eigenvalue weighted by Gasteiger charge is -2.11. The van der Waals surface area contributed by atoms with Crippen molar-refractivity contribution in [2.45, 2.75) is 52.5 Å². The number of rotatable bonds is 7. The van der Waals surface area contributed by atoms with E-state index < -0.39 is 0 Å². The molecule has 2 atom stereocenters. The topological polar surface area (TPSA) is 80.9 Å². The fraction of sp³-hybridized carbons (Fsp3) is 0.750. The zero-order valence-electron chi connectivity index (χ0n) is 11.3. The molecule has 0 spiro atoms. The molecule has 0 aliphatic rings. The van der Waals surface area contributed by atoms with Gasteiger partial charge in [0, 0.05) is 12.0 Å². The van der Waals surface area contributed by atoms with E-state index in [2.05, 4.69) is 15.5 Å². The molecule has 102 valence electrons. The molecule has 1 aromatic rings. The van der Waals surface area contributed by atoms with Crippen LogP contribution in [-0.2, 0) is 11.2 Å². The number of hydrogen-bond acceptors (Lipinski definition) is 5. The summed E-state index contributed by atoms with van der Waals surface area (Å²) in [6, 6.07) is 0.204. The molecule has 0 aliphatic heterocycles. The van der Waals surface area contributed by atoms with E-state index in [0.29, 0.717) is 5.13 Å². The third-order valence-electron chi connectivity index (χ3n) is 2.74. The molecule has 1 aromatic heterocycles. The first-order valence-electron chi connectivity index (χ1n) is 6.41. The smallest absolute Gasteiger partial charge is 0.229 e. The number of aromatic nitrogens is 2. The summed E-state index contributed by atoms with van der Waals surface area (Å²) in [7, 11) is 0. The van der Waals surface area contributed by atoms with Gasteiger partial charge in [0.25, 0.3) is 0 Å². The SMILES string of the molecule is CCc1nnc(NC(=O)C(C)CCCC(C)N)s1. The highest BCUT2D eigenvalue weighted by molar-refractivity contribution is 7.15. The number of nitrogens with one attached hydrogen (secondary N) is 1. The van der Waals surface area contributed by atoms with Crippen molar-refractivity contribution >= 4 is 22.4 Å². The van der Waals surface area contributed by atoms with Crippen molar-refractivity contribution in [1.29, 1.82) is 0 Å². The Morgan fingerprint density at radius 1 is 1.39 bits per heavy atom. The molecule has 18 heavy (non-hydrogen) atoms. The second-order valence-corrected chi connectivity index (χ2v) is 5.72. The van der Waals surface area contributed by atoms with E-state index in [4.69, 9.17) is 5.73 Å². The molecule has 0 saturated carbocycles. The minimum absolute atomic E-state index is 0.0125. The minimum atomic E-state index is -0.0160. The largest absolute Gasteiger partial charge is 0.328 e. The van der Waals surface area contributed by atoms with Crippen LogP contribution in [0.5, 0.6) is 0 Å². The maximum atomic E-state index is 11.9. The van der Waals surface area contributed by atoms with Crippen LogP contribution in [0.1, 0.15) is 45.0 Å². The summed E-state index contributed by atoms with van der Waals surface area (Å²) in [5, 5.41) is 12.2. The Morgan fingerprint density at radius 3 is 2.67 bits per heavy atom. The monoisotopic (exact) mass is 270 g/mol. The maximum Gasteiger partial charge on any atom is 0.229 e. The van der Waals surface area contributed by atoms with E-state index in [1.54, 1.807) is 0 Å². The summed E-state index contributed by atoms with van der Waals surface area (Å²) >= 11 is 1.43. The van der Waals surface area contributed by atoms with E-state index in [-0.39, 0.29) is 17.9 Å². The van der Waals surface area contributed by atoms with Crippen LogP contribution in [0.3, 0.4) is 0 Å². The van der Waals surface area contributed by atoms with Gasteiger partial charge >= 0.3 is 0 Å². The normalized spacial score (nSPS) is 14.2. The number of amides is 1. The molecule has 2 unspecified atom stereocenters. The van der Waals surface area contributed by atoms with Crippen molar-refractivity contribution in [1.82, 2.24) is 10.2 Å². The van der Waals surface area contributed by atoms with Gasteiger partial charge in [-0.15, -0.1) is 10.2 Å². The molecule has 1 heterocycles.